The molecule has 1 saturated carbocycles. The van der Waals surface area contributed by atoms with Gasteiger partial charge in [0.25, 0.3) is 0 Å². The van der Waals surface area contributed by atoms with Crippen LogP contribution in [0.15, 0.2) is 34.9 Å². The first-order valence-electron chi connectivity index (χ1n) is 11.5. The summed E-state index contributed by atoms with van der Waals surface area (Å²) in [5, 5.41) is 15.2. The topological polar surface area (TPSA) is 118 Å². The Morgan fingerprint density at radius 2 is 2.03 bits per heavy atom. The van der Waals surface area contributed by atoms with Crippen molar-refractivity contribution in [1.82, 2.24) is 25.1 Å². The maximum absolute atomic E-state index is 12.2. The first-order valence-corrected chi connectivity index (χ1v) is 11.5. The molecule has 2 N–H and O–H groups in total. The molecule has 1 saturated heterocycles. The smallest absolute Gasteiger partial charge is 0.229 e. The Balaban J connectivity index is 1.36. The van der Waals surface area contributed by atoms with Crippen LogP contribution in [0, 0.1) is 5.92 Å². The Labute approximate surface area is 195 Å². The summed E-state index contributed by atoms with van der Waals surface area (Å²) in [7, 11) is 1.78. The zero-order valence-electron chi connectivity index (χ0n) is 18.9. The number of hydrogen-bond acceptors (Lipinski definition) is 9. The molecule has 4 heterocycles. The van der Waals surface area contributed by atoms with E-state index in [9.17, 15) is 4.79 Å². The van der Waals surface area contributed by atoms with Crippen molar-refractivity contribution in [3.8, 4) is 11.5 Å². The number of hydrogen-bond donors (Lipinski definition) is 2. The van der Waals surface area contributed by atoms with Crippen molar-refractivity contribution in [1.29, 1.82) is 0 Å². The van der Waals surface area contributed by atoms with Gasteiger partial charge >= 0.3 is 0 Å². The standard InChI is InChI=1S/C24H25N7O3/c1-25-22-21-16(11-20(29-30-21)28-23(32)15-3-4-15)17(12-26-22)24-27-18-10-14(2-5-19(18)34-24)13-31-6-8-33-9-7-31/h2,5,10-12,15H,3-4,6-9,13H2,1H3,(H,25,26)(H,28,29,32). The third-order valence-corrected chi connectivity index (χ3v) is 6.26. The molecule has 0 atom stereocenters. The molecule has 1 aliphatic heterocycles. The highest BCUT2D eigenvalue weighted by molar-refractivity contribution is 6.01. The van der Waals surface area contributed by atoms with Crippen LogP contribution in [-0.4, -0.2) is 64.3 Å². The van der Waals surface area contributed by atoms with Crippen LogP contribution in [0.4, 0.5) is 11.6 Å². The number of carbonyl (C=O) groups is 1. The summed E-state index contributed by atoms with van der Waals surface area (Å²) in [6.07, 6.45) is 3.55. The van der Waals surface area contributed by atoms with Crippen LogP contribution < -0.4 is 10.6 Å². The molecule has 0 radical (unpaired) electrons. The number of rotatable bonds is 6. The number of anilines is 2. The van der Waals surface area contributed by atoms with Crippen LogP contribution in [-0.2, 0) is 16.1 Å². The number of amides is 1. The number of fused-ring (bicyclic) bond motifs is 2. The summed E-state index contributed by atoms with van der Waals surface area (Å²) < 4.78 is 11.6. The average Bonchev–Trinajstić information content (AvgIpc) is 3.63. The van der Waals surface area contributed by atoms with E-state index in [1.54, 1.807) is 19.3 Å². The molecule has 34 heavy (non-hydrogen) atoms. The lowest BCUT2D eigenvalue weighted by Crippen LogP contribution is -2.35. The minimum absolute atomic E-state index is 0.0206. The van der Waals surface area contributed by atoms with Crippen molar-refractivity contribution in [3.05, 3.63) is 36.0 Å². The molecule has 4 aromatic rings. The second kappa shape index (κ2) is 8.62. The highest BCUT2D eigenvalue weighted by Gasteiger charge is 2.30. The van der Waals surface area contributed by atoms with Crippen LogP contribution in [0.1, 0.15) is 18.4 Å². The highest BCUT2D eigenvalue weighted by Crippen LogP contribution is 2.34. The molecule has 0 unspecified atom stereocenters. The number of nitrogens with one attached hydrogen (secondary N) is 2. The van der Waals surface area contributed by atoms with Gasteiger partial charge in [0.05, 0.1) is 18.8 Å². The van der Waals surface area contributed by atoms with E-state index in [0.717, 1.165) is 56.6 Å². The van der Waals surface area contributed by atoms with Crippen LogP contribution in [0.2, 0.25) is 0 Å². The van der Waals surface area contributed by atoms with Crippen molar-refractivity contribution in [2.24, 2.45) is 5.92 Å². The number of benzene rings is 1. The monoisotopic (exact) mass is 459 g/mol. The van der Waals surface area contributed by atoms with E-state index in [4.69, 9.17) is 14.1 Å². The summed E-state index contributed by atoms with van der Waals surface area (Å²) in [4.78, 5) is 23.8. The van der Waals surface area contributed by atoms with Gasteiger partial charge in [-0.25, -0.2) is 9.97 Å². The number of nitrogens with zero attached hydrogens (tertiary/aromatic N) is 5. The maximum Gasteiger partial charge on any atom is 0.229 e. The molecule has 2 aliphatic rings. The SMILES string of the molecule is CNc1ncc(-c2nc3cc(CN4CCOCC4)ccc3o2)c2cc(NC(=O)C3CC3)nnc12. The predicted octanol–water partition coefficient (Wildman–Crippen LogP) is 3.06. The number of carbonyl (C=O) groups excluding carboxylic acids is 1. The van der Waals surface area contributed by atoms with Gasteiger partial charge in [0.2, 0.25) is 11.8 Å². The fourth-order valence-electron chi connectivity index (χ4n) is 4.22. The largest absolute Gasteiger partial charge is 0.436 e. The molecule has 3 aromatic heterocycles. The van der Waals surface area contributed by atoms with Gasteiger partial charge in [-0.1, -0.05) is 6.07 Å². The molecule has 1 aliphatic carbocycles. The van der Waals surface area contributed by atoms with Gasteiger partial charge in [-0.15, -0.1) is 10.2 Å². The van der Waals surface area contributed by atoms with Crippen molar-refractivity contribution in [3.63, 3.8) is 0 Å². The van der Waals surface area contributed by atoms with Crippen molar-refractivity contribution >= 4 is 39.5 Å². The molecule has 2 fully saturated rings. The predicted molar refractivity (Wildman–Crippen MR) is 127 cm³/mol. The van der Waals surface area contributed by atoms with E-state index < -0.39 is 0 Å². The van der Waals surface area contributed by atoms with Crippen LogP contribution in [0.3, 0.4) is 0 Å². The molecule has 174 valence electrons. The molecule has 1 aromatic carbocycles. The molecule has 0 bridgehead atoms. The zero-order valence-corrected chi connectivity index (χ0v) is 18.9. The molecule has 6 rings (SSSR count). The normalized spacial score (nSPS) is 16.7. The number of morpholine rings is 1. The van der Waals surface area contributed by atoms with Gasteiger partial charge in [0.15, 0.2) is 17.2 Å². The second-order valence-electron chi connectivity index (χ2n) is 8.74. The van der Waals surface area contributed by atoms with Crippen LogP contribution in [0.25, 0.3) is 33.5 Å². The number of pyridine rings is 1. The first kappa shape index (κ1) is 20.9. The Morgan fingerprint density at radius 3 is 2.82 bits per heavy atom. The van der Waals surface area contributed by atoms with Gasteiger partial charge in [-0.3, -0.25) is 9.69 Å². The highest BCUT2D eigenvalue weighted by atomic mass is 16.5. The first-order chi connectivity index (χ1) is 16.7. The Morgan fingerprint density at radius 1 is 1.18 bits per heavy atom. The minimum Gasteiger partial charge on any atom is -0.436 e. The second-order valence-corrected chi connectivity index (χ2v) is 8.74. The fraction of sp³-hybridized carbons (Fsp3) is 0.375. The third-order valence-electron chi connectivity index (χ3n) is 6.26. The molecule has 10 nitrogen and oxygen atoms in total. The molecular weight excluding hydrogens is 434 g/mol. The van der Waals surface area contributed by atoms with Crippen molar-refractivity contribution < 1.29 is 13.9 Å². The molecular formula is C24H25N7O3. The van der Waals surface area contributed by atoms with Crippen LogP contribution >= 0.6 is 0 Å². The number of aromatic nitrogens is 4. The lowest BCUT2D eigenvalue weighted by Gasteiger charge is -2.26. The Kier molecular flexibility index (Phi) is 5.31. The third kappa shape index (κ3) is 4.06. The van der Waals surface area contributed by atoms with E-state index in [0.29, 0.717) is 34.2 Å². The van der Waals surface area contributed by atoms with E-state index in [1.807, 2.05) is 6.07 Å². The van der Waals surface area contributed by atoms with Gasteiger partial charge in [-0.05, 0) is 36.6 Å². The summed E-state index contributed by atoms with van der Waals surface area (Å²) in [6.45, 7) is 4.25. The maximum atomic E-state index is 12.2. The van der Waals surface area contributed by atoms with Gasteiger partial charge in [0.1, 0.15) is 11.0 Å². The summed E-state index contributed by atoms with van der Waals surface area (Å²) >= 11 is 0. The molecule has 1 amide bonds. The average molecular weight is 460 g/mol. The molecule has 0 spiro atoms. The Hall–Kier alpha value is -3.63. The summed E-state index contributed by atoms with van der Waals surface area (Å²) in [6, 6.07) is 7.90. The lowest BCUT2D eigenvalue weighted by molar-refractivity contribution is -0.117. The quantitative estimate of drug-likeness (QED) is 0.448. The van der Waals surface area contributed by atoms with Gasteiger partial charge in [0, 0.05) is 44.2 Å². The zero-order chi connectivity index (χ0) is 23.1. The summed E-state index contributed by atoms with van der Waals surface area (Å²) in [5.41, 5.74) is 3.95. The van der Waals surface area contributed by atoms with Crippen molar-refractivity contribution in [2.45, 2.75) is 19.4 Å². The van der Waals surface area contributed by atoms with E-state index in [2.05, 4.69) is 42.8 Å². The number of oxazole rings is 1. The van der Waals surface area contributed by atoms with Crippen LogP contribution in [0.5, 0.6) is 0 Å². The van der Waals surface area contributed by atoms with E-state index in [-0.39, 0.29) is 11.8 Å². The van der Waals surface area contributed by atoms with Crippen molar-refractivity contribution in [2.75, 3.05) is 44.0 Å². The minimum atomic E-state index is -0.0206. The van der Waals surface area contributed by atoms with Gasteiger partial charge in [-0.2, -0.15) is 0 Å². The van der Waals surface area contributed by atoms with E-state index in [1.165, 1.54) is 5.56 Å². The van der Waals surface area contributed by atoms with Gasteiger partial charge < -0.3 is 19.8 Å². The van der Waals surface area contributed by atoms with E-state index >= 15 is 0 Å². The molecule has 10 heteroatoms. The fourth-order valence-corrected chi connectivity index (χ4v) is 4.22. The Bertz CT molecular complexity index is 1380. The number of ether oxygens (including phenoxy) is 1. The lowest BCUT2D eigenvalue weighted by atomic mass is 10.1. The summed E-state index contributed by atoms with van der Waals surface area (Å²) in [5.74, 6) is 1.50.